The summed E-state index contributed by atoms with van der Waals surface area (Å²) in [5.41, 5.74) is 7.21. The molecule has 0 fully saturated rings. The van der Waals surface area contributed by atoms with E-state index >= 15 is 0 Å². The van der Waals surface area contributed by atoms with E-state index in [1.54, 1.807) is 0 Å². The van der Waals surface area contributed by atoms with Gasteiger partial charge in [-0.1, -0.05) is 27.7 Å². The largest absolute Gasteiger partial charge is 0.465 e. The molecule has 1 rings (SSSR count). The summed E-state index contributed by atoms with van der Waals surface area (Å²) in [6.45, 7) is 10.5. The zero-order valence-electron chi connectivity index (χ0n) is 9.85. The van der Waals surface area contributed by atoms with Crippen LogP contribution < -0.4 is 5.73 Å². The van der Waals surface area contributed by atoms with Crippen molar-refractivity contribution in [2.45, 2.75) is 52.5 Å². The average molecular weight is 195 g/mol. The van der Waals surface area contributed by atoms with Gasteiger partial charge >= 0.3 is 0 Å². The van der Waals surface area contributed by atoms with Crippen LogP contribution in [0, 0.1) is 6.92 Å². The maximum Gasteiger partial charge on any atom is 0.109 e. The van der Waals surface area contributed by atoms with Gasteiger partial charge in [0, 0.05) is 17.0 Å². The fourth-order valence-corrected chi connectivity index (χ4v) is 1.45. The van der Waals surface area contributed by atoms with E-state index in [0.717, 1.165) is 23.5 Å². The van der Waals surface area contributed by atoms with Gasteiger partial charge in [-0.2, -0.15) is 0 Å². The Morgan fingerprint density at radius 2 is 2.00 bits per heavy atom. The lowest BCUT2D eigenvalue weighted by molar-refractivity contribution is 0.394. The molecule has 2 heteroatoms. The Morgan fingerprint density at radius 1 is 1.43 bits per heavy atom. The van der Waals surface area contributed by atoms with Crippen LogP contribution in [0.4, 0.5) is 0 Å². The third-order valence-corrected chi connectivity index (χ3v) is 2.53. The van der Waals surface area contributed by atoms with Crippen molar-refractivity contribution in [3.63, 3.8) is 0 Å². The first-order valence-electron chi connectivity index (χ1n) is 5.22. The van der Waals surface area contributed by atoms with Gasteiger partial charge in [0.25, 0.3) is 0 Å². The lowest BCUT2D eigenvalue weighted by Gasteiger charge is -2.13. The van der Waals surface area contributed by atoms with Crippen molar-refractivity contribution in [2.75, 3.05) is 0 Å². The first kappa shape index (κ1) is 11.3. The SMILES string of the molecule is CC[C@H](N)c1cc(C(C)(C)C)oc1C. The Morgan fingerprint density at radius 3 is 2.36 bits per heavy atom. The van der Waals surface area contributed by atoms with Gasteiger partial charge in [-0.25, -0.2) is 0 Å². The van der Waals surface area contributed by atoms with E-state index < -0.39 is 0 Å². The first-order valence-corrected chi connectivity index (χ1v) is 5.22. The molecule has 0 aliphatic rings. The second-order valence-corrected chi connectivity index (χ2v) is 4.89. The summed E-state index contributed by atoms with van der Waals surface area (Å²) < 4.78 is 5.72. The molecule has 1 atom stereocenters. The van der Waals surface area contributed by atoms with Gasteiger partial charge in [0.1, 0.15) is 11.5 Å². The molecule has 0 bridgehead atoms. The summed E-state index contributed by atoms with van der Waals surface area (Å²) >= 11 is 0. The average Bonchev–Trinajstić information content (AvgIpc) is 2.45. The zero-order valence-corrected chi connectivity index (χ0v) is 9.85. The predicted molar refractivity (Wildman–Crippen MR) is 59.4 cm³/mol. The van der Waals surface area contributed by atoms with Crippen LogP contribution in [0.3, 0.4) is 0 Å². The monoisotopic (exact) mass is 195 g/mol. The number of furan rings is 1. The van der Waals surface area contributed by atoms with E-state index in [-0.39, 0.29) is 11.5 Å². The van der Waals surface area contributed by atoms with Crippen LogP contribution in [0.25, 0.3) is 0 Å². The van der Waals surface area contributed by atoms with E-state index in [1.165, 1.54) is 0 Å². The van der Waals surface area contributed by atoms with Crippen LogP contribution in [-0.2, 0) is 5.41 Å². The van der Waals surface area contributed by atoms with E-state index in [9.17, 15) is 0 Å². The van der Waals surface area contributed by atoms with Gasteiger partial charge in [-0.05, 0) is 19.4 Å². The van der Waals surface area contributed by atoms with Gasteiger partial charge in [0.05, 0.1) is 0 Å². The molecule has 0 radical (unpaired) electrons. The Labute approximate surface area is 86.5 Å². The Hall–Kier alpha value is -0.760. The normalized spacial score (nSPS) is 14.4. The molecular formula is C12H21NO. The van der Waals surface area contributed by atoms with Crippen LogP contribution in [0.5, 0.6) is 0 Å². The molecule has 0 saturated heterocycles. The molecule has 0 unspecified atom stereocenters. The minimum Gasteiger partial charge on any atom is -0.465 e. The summed E-state index contributed by atoms with van der Waals surface area (Å²) in [7, 11) is 0. The third-order valence-electron chi connectivity index (χ3n) is 2.53. The molecule has 1 aromatic rings. The number of hydrogen-bond acceptors (Lipinski definition) is 2. The molecule has 0 aliphatic carbocycles. The Kier molecular flexibility index (Phi) is 3.05. The van der Waals surface area contributed by atoms with Gasteiger partial charge in [-0.3, -0.25) is 0 Å². The van der Waals surface area contributed by atoms with E-state index in [4.69, 9.17) is 10.2 Å². The minimum atomic E-state index is 0.0659. The molecule has 0 saturated carbocycles. The van der Waals surface area contributed by atoms with Crippen molar-refractivity contribution in [3.8, 4) is 0 Å². The quantitative estimate of drug-likeness (QED) is 0.786. The number of hydrogen-bond donors (Lipinski definition) is 1. The fraction of sp³-hybridized carbons (Fsp3) is 0.667. The third kappa shape index (κ3) is 2.18. The highest BCUT2D eigenvalue weighted by atomic mass is 16.3. The van der Waals surface area contributed by atoms with E-state index in [0.29, 0.717) is 0 Å². The van der Waals surface area contributed by atoms with Crippen molar-refractivity contribution in [1.82, 2.24) is 0 Å². The molecule has 80 valence electrons. The van der Waals surface area contributed by atoms with Gasteiger partial charge < -0.3 is 10.2 Å². The van der Waals surface area contributed by atoms with Crippen LogP contribution in [-0.4, -0.2) is 0 Å². The smallest absolute Gasteiger partial charge is 0.109 e. The van der Waals surface area contributed by atoms with Gasteiger partial charge in [0.15, 0.2) is 0 Å². The second kappa shape index (κ2) is 3.77. The zero-order chi connectivity index (χ0) is 10.9. The van der Waals surface area contributed by atoms with Crippen molar-refractivity contribution >= 4 is 0 Å². The number of nitrogens with two attached hydrogens (primary N) is 1. The molecule has 0 aromatic carbocycles. The van der Waals surface area contributed by atoms with Crippen LogP contribution in [0.1, 0.15) is 57.2 Å². The molecule has 1 heterocycles. The fourth-order valence-electron chi connectivity index (χ4n) is 1.45. The molecule has 0 aliphatic heterocycles. The standard InChI is InChI=1S/C12H21NO/c1-6-10(13)9-7-11(12(3,4)5)14-8(9)2/h7,10H,6,13H2,1-5H3/t10-/m0/s1. The highest BCUT2D eigenvalue weighted by molar-refractivity contribution is 5.27. The first-order chi connectivity index (χ1) is 6.36. The maximum atomic E-state index is 5.99. The van der Waals surface area contributed by atoms with Crippen molar-refractivity contribution < 1.29 is 4.42 Å². The van der Waals surface area contributed by atoms with E-state index in [1.807, 2.05) is 6.92 Å². The summed E-state index contributed by atoms with van der Waals surface area (Å²) in [6.07, 6.45) is 0.948. The summed E-state index contributed by atoms with van der Waals surface area (Å²) in [5.74, 6) is 1.98. The van der Waals surface area contributed by atoms with E-state index in [2.05, 4.69) is 33.8 Å². The summed E-state index contributed by atoms with van der Waals surface area (Å²) in [4.78, 5) is 0. The Balaban J connectivity index is 3.05. The summed E-state index contributed by atoms with van der Waals surface area (Å²) in [6, 6.07) is 2.21. The molecule has 2 nitrogen and oxygen atoms in total. The predicted octanol–water partition coefficient (Wildman–Crippen LogP) is 3.30. The maximum absolute atomic E-state index is 5.99. The van der Waals surface area contributed by atoms with Gasteiger partial charge in [-0.15, -0.1) is 0 Å². The molecule has 0 spiro atoms. The lowest BCUT2D eigenvalue weighted by atomic mass is 9.92. The Bertz CT molecular complexity index is 307. The molecule has 0 amide bonds. The molecular weight excluding hydrogens is 174 g/mol. The highest BCUT2D eigenvalue weighted by Gasteiger charge is 2.21. The van der Waals surface area contributed by atoms with Crippen LogP contribution in [0.15, 0.2) is 10.5 Å². The highest BCUT2D eigenvalue weighted by Crippen LogP contribution is 2.30. The molecule has 2 N–H and O–H groups in total. The van der Waals surface area contributed by atoms with Crippen LogP contribution >= 0.6 is 0 Å². The lowest BCUT2D eigenvalue weighted by Crippen LogP contribution is -2.10. The van der Waals surface area contributed by atoms with Crippen molar-refractivity contribution in [1.29, 1.82) is 0 Å². The topological polar surface area (TPSA) is 39.2 Å². The number of rotatable bonds is 2. The summed E-state index contributed by atoms with van der Waals surface area (Å²) in [5, 5.41) is 0. The molecule has 1 aromatic heterocycles. The van der Waals surface area contributed by atoms with Crippen molar-refractivity contribution in [3.05, 3.63) is 23.2 Å². The van der Waals surface area contributed by atoms with Crippen molar-refractivity contribution in [2.24, 2.45) is 5.73 Å². The number of aryl methyl sites for hydroxylation is 1. The van der Waals surface area contributed by atoms with Gasteiger partial charge in [0.2, 0.25) is 0 Å². The second-order valence-electron chi connectivity index (χ2n) is 4.89. The minimum absolute atomic E-state index is 0.0659. The van der Waals surface area contributed by atoms with Crippen LogP contribution in [0.2, 0.25) is 0 Å². The molecule has 14 heavy (non-hydrogen) atoms.